The van der Waals surface area contributed by atoms with Gasteiger partial charge in [-0.1, -0.05) is 0 Å². The smallest absolute Gasteiger partial charge is 0.244 e. The summed E-state index contributed by atoms with van der Waals surface area (Å²) in [5.41, 5.74) is 0.742. The van der Waals surface area contributed by atoms with Crippen LogP contribution >= 0.6 is 15.9 Å². The molecule has 0 aliphatic carbocycles. The molecule has 0 radical (unpaired) electrons. The van der Waals surface area contributed by atoms with Crippen LogP contribution < -0.4 is 10.6 Å². The molecule has 1 aliphatic rings. The topological polar surface area (TPSA) is 44.4 Å². The van der Waals surface area contributed by atoms with Gasteiger partial charge in [-0.25, -0.2) is 4.39 Å². The first-order valence-corrected chi connectivity index (χ1v) is 7.84. The van der Waals surface area contributed by atoms with Crippen molar-refractivity contribution in [3.8, 4) is 0 Å². The SMILES string of the molecule is Cc1cc(F)c(Br)cc1NC(=O)C(C)(C)N1CCNCC1. The van der Waals surface area contributed by atoms with Gasteiger partial charge in [0, 0.05) is 31.9 Å². The molecule has 1 aromatic rings. The van der Waals surface area contributed by atoms with E-state index in [1.54, 1.807) is 13.0 Å². The number of nitrogens with zero attached hydrogens (tertiary/aromatic N) is 1. The average Bonchev–Trinajstić information content (AvgIpc) is 2.45. The van der Waals surface area contributed by atoms with E-state index in [9.17, 15) is 9.18 Å². The lowest BCUT2D eigenvalue weighted by Gasteiger charge is -2.39. The van der Waals surface area contributed by atoms with Gasteiger partial charge in [0.15, 0.2) is 0 Å². The Bertz CT molecular complexity index is 542. The summed E-state index contributed by atoms with van der Waals surface area (Å²) in [6, 6.07) is 3.02. The number of piperazine rings is 1. The highest BCUT2D eigenvalue weighted by Crippen LogP contribution is 2.26. The molecule has 0 spiro atoms. The number of carbonyl (C=O) groups excluding carboxylic acids is 1. The van der Waals surface area contributed by atoms with Crippen LogP contribution in [0.5, 0.6) is 0 Å². The molecule has 6 heteroatoms. The van der Waals surface area contributed by atoms with Gasteiger partial charge >= 0.3 is 0 Å². The molecule has 21 heavy (non-hydrogen) atoms. The van der Waals surface area contributed by atoms with E-state index in [2.05, 4.69) is 31.5 Å². The molecule has 1 saturated heterocycles. The summed E-state index contributed by atoms with van der Waals surface area (Å²) < 4.78 is 13.8. The van der Waals surface area contributed by atoms with Crippen LogP contribution in [-0.4, -0.2) is 42.5 Å². The van der Waals surface area contributed by atoms with E-state index in [1.165, 1.54) is 6.07 Å². The zero-order valence-electron chi connectivity index (χ0n) is 12.6. The van der Waals surface area contributed by atoms with Crippen molar-refractivity contribution in [1.82, 2.24) is 10.2 Å². The minimum absolute atomic E-state index is 0.0778. The molecule has 1 amide bonds. The van der Waals surface area contributed by atoms with Crippen molar-refractivity contribution < 1.29 is 9.18 Å². The molecular weight excluding hydrogens is 337 g/mol. The number of hydrogen-bond donors (Lipinski definition) is 2. The maximum atomic E-state index is 13.4. The van der Waals surface area contributed by atoms with Crippen molar-refractivity contribution in [2.75, 3.05) is 31.5 Å². The Morgan fingerprint density at radius 3 is 2.62 bits per heavy atom. The molecule has 116 valence electrons. The van der Waals surface area contributed by atoms with Gasteiger partial charge in [-0.2, -0.15) is 0 Å². The summed E-state index contributed by atoms with van der Waals surface area (Å²) in [4.78, 5) is 14.8. The van der Waals surface area contributed by atoms with Gasteiger partial charge in [-0.3, -0.25) is 9.69 Å². The molecule has 0 aromatic heterocycles. The monoisotopic (exact) mass is 357 g/mol. The lowest BCUT2D eigenvalue weighted by atomic mass is 10.00. The van der Waals surface area contributed by atoms with Crippen molar-refractivity contribution in [1.29, 1.82) is 0 Å². The fourth-order valence-corrected chi connectivity index (χ4v) is 2.77. The van der Waals surface area contributed by atoms with Gasteiger partial charge < -0.3 is 10.6 Å². The van der Waals surface area contributed by atoms with E-state index in [0.717, 1.165) is 26.2 Å². The highest BCUT2D eigenvalue weighted by atomic mass is 79.9. The number of halogens is 2. The van der Waals surface area contributed by atoms with Crippen molar-refractivity contribution in [2.24, 2.45) is 0 Å². The fourth-order valence-electron chi connectivity index (χ4n) is 2.42. The fraction of sp³-hybridized carbons (Fsp3) is 0.533. The Hall–Kier alpha value is -0.980. The second-order valence-electron chi connectivity index (χ2n) is 5.83. The van der Waals surface area contributed by atoms with E-state index in [1.807, 2.05) is 13.8 Å². The Morgan fingerprint density at radius 2 is 2.00 bits per heavy atom. The summed E-state index contributed by atoms with van der Waals surface area (Å²) in [5, 5.41) is 6.20. The molecule has 2 N–H and O–H groups in total. The summed E-state index contributed by atoms with van der Waals surface area (Å²) in [6.45, 7) is 9.07. The van der Waals surface area contributed by atoms with E-state index in [-0.39, 0.29) is 11.7 Å². The molecule has 4 nitrogen and oxygen atoms in total. The number of aryl methyl sites for hydroxylation is 1. The van der Waals surface area contributed by atoms with Crippen LogP contribution in [0.25, 0.3) is 0 Å². The predicted molar refractivity (Wildman–Crippen MR) is 86.0 cm³/mol. The Kier molecular flexibility index (Phi) is 5.01. The predicted octanol–water partition coefficient (Wildman–Crippen LogP) is 2.52. The molecule has 1 aromatic carbocycles. The summed E-state index contributed by atoms with van der Waals surface area (Å²) in [7, 11) is 0. The van der Waals surface area contributed by atoms with E-state index < -0.39 is 5.54 Å². The van der Waals surface area contributed by atoms with Crippen molar-refractivity contribution in [3.63, 3.8) is 0 Å². The van der Waals surface area contributed by atoms with Crippen LogP contribution in [0.15, 0.2) is 16.6 Å². The zero-order chi connectivity index (χ0) is 15.6. The number of benzene rings is 1. The number of rotatable bonds is 3. The highest BCUT2D eigenvalue weighted by Gasteiger charge is 2.35. The maximum absolute atomic E-state index is 13.4. The van der Waals surface area contributed by atoms with Gasteiger partial charge in [0.25, 0.3) is 0 Å². The van der Waals surface area contributed by atoms with Gasteiger partial charge in [0.2, 0.25) is 5.91 Å². The van der Waals surface area contributed by atoms with E-state index in [0.29, 0.717) is 15.7 Å². The minimum Gasteiger partial charge on any atom is -0.324 e. The zero-order valence-corrected chi connectivity index (χ0v) is 14.2. The van der Waals surface area contributed by atoms with Gasteiger partial charge in [-0.05, 0) is 54.4 Å². The lowest BCUT2D eigenvalue weighted by molar-refractivity contribution is -0.126. The highest BCUT2D eigenvalue weighted by molar-refractivity contribution is 9.10. The van der Waals surface area contributed by atoms with Crippen LogP contribution in [0.4, 0.5) is 10.1 Å². The second kappa shape index (κ2) is 6.42. The number of hydrogen-bond acceptors (Lipinski definition) is 3. The minimum atomic E-state index is -0.602. The first kappa shape index (κ1) is 16.4. The third-order valence-corrected chi connectivity index (χ3v) is 4.59. The molecule has 0 saturated carbocycles. The van der Waals surface area contributed by atoms with Crippen LogP contribution in [-0.2, 0) is 4.79 Å². The Morgan fingerprint density at radius 1 is 1.38 bits per heavy atom. The van der Waals surface area contributed by atoms with E-state index >= 15 is 0 Å². The molecule has 0 unspecified atom stereocenters. The summed E-state index contributed by atoms with van der Waals surface area (Å²) in [5.74, 6) is -0.405. The maximum Gasteiger partial charge on any atom is 0.244 e. The molecule has 0 bridgehead atoms. The van der Waals surface area contributed by atoms with Crippen LogP contribution in [0.1, 0.15) is 19.4 Å². The number of nitrogens with one attached hydrogen (secondary N) is 2. The number of amides is 1. The molecular formula is C15H21BrFN3O. The van der Waals surface area contributed by atoms with Gasteiger partial charge in [0.1, 0.15) is 5.82 Å². The standard InChI is InChI=1S/C15H21BrFN3O/c1-10-8-12(17)11(16)9-13(10)19-14(21)15(2,3)20-6-4-18-5-7-20/h8-9,18H,4-7H2,1-3H3,(H,19,21). The molecule has 1 heterocycles. The van der Waals surface area contributed by atoms with Crippen molar-refractivity contribution in [3.05, 3.63) is 28.0 Å². The van der Waals surface area contributed by atoms with Crippen LogP contribution in [0, 0.1) is 12.7 Å². The number of carbonyl (C=O) groups is 1. The quantitative estimate of drug-likeness (QED) is 0.873. The lowest BCUT2D eigenvalue weighted by Crippen LogP contribution is -2.58. The first-order chi connectivity index (χ1) is 9.82. The second-order valence-corrected chi connectivity index (χ2v) is 6.69. The van der Waals surface area contributed by atoms with Crippen LogP contribution in [0.2, 0.25) is 0 Å². The van der Waals surface area contributed by atoms with E-state index in [4.69, 9.17) is 0 Å². The third kappa shape index (κ3) is 3.62. The normalized spacial score (nSPS) is 16.8. The third-order valence-electron chi connectivity index (χ3n) is 3.98. The Balaban J connectivity index is 2.15. The molecule has 0 atom stereocenters. The number of anilines is 1. The molecule has 1 fully saturated rings. The molecule has 2 rings (SSSR count). The van der Waals surface area contributed by atoms with Gasteiger partial charge in [0.05, 0.1) is 10.0 Å². The van der Waals surface area contributed by atoms with Crippen LogP contribution in [0.3, 0.4) is 0 Å². The summed E-state index contributed by atoms with van der Waals surface area (Å²) >= 11 is 3.15. The summed E-state index contributed by atoms with van der Waals surface area (Å²) in [6.07, 6.45) is 0. The molecule has 1 aliphatic heterocycles. The Labute approximate surface area is 133 Å². The van der Waals surface area contributed by atoms with Gasteiger partial charge in [-0.15, -0.1) is 0 Å². The van der Waals surface area contributed by atoms with Crippen molar-refractivity contribution >= 4 is 27.5 Å². The largest absolute Gasteiger partial charge is 0.324 e. The average molecular weight is 358 g/mol. The first-order valence-electron chi connectivity index (χ1n) is 7.05. The van der Waals surface area contributed by atoms with Crippen molar-refractivity contribution in [2.45, 2.75) is 26.3 Å².